The summed E-state index contributed by atoms with van der Waals surface area (Å²) in [5.41, 5.74) is 6.95. The number of nitrogens with two attached hydrogens (primary N) is 1. The number of nitrogens with zero attached hydrogens (tertiary/aromatic N) is 1. The molecule has 21 heavy (non-hydrogen) atoms. The second-order valence-corrected chi connectivity index (χ2v) is 7.00. The summed E-state index contributed by atoms with van der Waals surface area (Å²) in [6.07, 6.45) is 5.77. The third-order valence-electron chi connectivity index (χ3n) is 4.12. The second-order valence-electron chi connectivity index (χ2n) is 6.13. The average Bonchev–Trinajstić information content (AvgIpc) is 2.37. The predicted molar refractivity (Wildman–Crippen MR) is 87.6 cm³/mol. The first kappa shape index (κ1) is 16.6. The lowest BCUT2D eigenvalue weighted by Crippen LogP contribution is -2.46. The average molecular weight is 329 g/mol. The number of benzene rings is 1. The molecule has 2 N–H and O–H groups in total. The Labute approximate surface area is 136 Å². The third kappa shape index (κ3) is 4.87. The molecule has 1 fully saturated rings. The van der Waals surface area contributed by atoms with Crippen molar-refractivity contribution in [3.63, 3.8) is 0 Å². The molecule has 0 heterocycles. The van der Waals surface area contributed by atoms with Crippen molar-refractivity contribution in [3.05, 3.63) is 33.8 Å². The van der Waals surface area contributed by atoms with Crippen molar-refractivity contribution in [2.75, 3.05) is 7.05 Å². The summed E-state index contributed by atoms with van der Waals surface area (Å²) in [5, 5.41) is 1.17. The number of amides is 1. The number of carbonyl (C=O) groups excluding carboxylic acids is 1. The van der Waals surface area contributed by atoms with Crippen molar-refractivity contribution in [3.8, 4) is 0 Å². The highest BCUT2D eigenvalue weighted by atomic mass is 35.5. The minimum Gasteiger partial charge on any atom is -0.341 e. The number of rotatable bonds is 4. The zero-order chi connectivity index (χ0) is 15.5. The van der Waals surface area contributed by atoms with Gasteiger partial charge in [0.05, 0.1) is 0 Å². The van der Waals surface area contributed by atoms with Gasteiger partial charge in [0, 0.05) is 35.6 Å². The van der Waals surface area contributed by atoms with Gasteiger partial charge >= 0.3 is 0 Å². The van der Waals surface area contributed by atoms with Gasteiger partial charge in [0.1, 0.15) is 0 Å². The summed E-state index contributed by atoms with van der Waals surface area (Å²) >= 11 is 12.0. The van der Waals surface area contributed by atoms with E-state index in [4.69, 9.17) is 28.9 Å². The summed E-state index contributed by atoms with van der Waals surface area (Å²) in [6, 6.07) is 5.34. The smallest absolute Gasteiger partial charge is 0.224 e. The van der Waals surface area contributed by atoms with Crippen molar-refractivity contribution in [2.24, 2.45) is 5.73 Å². The van der Waals surface area contributed by atoms with Crippen LogP contribution in [0.1, 0.15) is 44.1 Å². The summed E-state index contributed by atoms with van der Waals surface area (Å²) in [4.78, 5) is 14.1. The highest BCUT2D eigenvalue weighted by Gasteiger charge is 2.31. The Hall–Kier alpha value is -0.770. The topological polar surface area (TPSA) is 46.3 Å². The molecule has 0 bridgehead atoms. The Morgan fingerprint density at radius 2 is 1.76 bits per heavy atom. The fraction of sp³-hybridized carbons (Fsp3) is 0.562. The van der Waals surface area contributed by atoms with Crippen LogP contribution in [-0.2, 0) is 11.3 Å². The van der Waals surface area contributed by atoms with E-state index in [1.165, 1.54) is 6.42 Å². The minimum atomic E-state index is -0.324. The quantitative estimate of drug-likeness (QED) is 0.907. The molecule has 1 amide bonds. The van der Waals surface area contributed by atoms with Crippen LogP contribution in [0.5, 0.6) is 0 Å². The van der Waals surface area contributed by atoms with Gasteiger partial charge in [-0.15, -0.1) is 0 Å². The first-order chi connectivity index (χ1) is 9.88. The molecule has 1 aliphatic carbocycles. The molecule has 0 radical (unpaired) electrons. The molecule has 1 aromatic rings. The first-order valence-corrected chi connectivity index (χ1v) is 8.11. The van der Waals surface area contributed by atoms with Gasteiger partial charge in [-0.3, -0.25) is 4.79 Å². The van der Waals surface area contributed by atoms with E-state index in [2.05, 4.69) is 0 Å². The molecule has 0 atom stereocenters. The molecule has 116 valence electrons. The van der Waals surface area contributed by atoms with E-state index in [1.807, 2.05) is 12.1 Å². The van der Waals surface area contributed by atoms with Crippen molar-refractivity contribution in [2.45, 2.75) is 50.6 Å². The van der Waals surface area contributed by atoms with E-state index in [9.17, 15) is 4.79 Å². The van der Waals surface area contributed by atoms with E-state index < -0.39 is 0 Å². The van der Waals surface area contributed by atoms with Crippen LogP contribution in [0.2, 0.25) is 10.0 Å². The monoisotopic (exact) mass is 328 g/mol. The lowest BCUT2D eigenvalue weighted by atomic mass is 9.80. The van der Waals surface area contributed by atoms with Gasteiger partial charge in [0.25, 0.3) is 0 Å². The van der Waals surface area contributed by atoms with Crippen molar-refractivity contribution in [1.29, 1.82) is 0 Å². The van der Waals surface area contributed by atoms with E-state index in [-0.39, 0.29) is 11.4 Å². The van der Waals surface area contributed by atoms with E-state index >= 15 is 0 Å². The lowest BCUT2D eigenvalue weighted by Gasteiger charge is -2.34. The minimum absolute atomic E-state index is 0.0792. The van der Waals surface area contributed by atoms with Crippen LogP contribution >= 0.6 is 23.2 Å². The molecule has 0 saturated heterocycles. The van der Waals surface area contributed by atoms with Gasteiger partial charge in [-0.2, -0.15) is 0 Å². The molecule has 0 aliphatic heterocycles. The number of hydrogen-bond donors (Lipinski definition) is 1. The van der Waals surface area contributed by atoms with Crippen LogP contribution in [0.4, 0.5) is 0 Å². The van der Waals surface area contributed by atoms with Crippen LogP contribution in [0.15, 0.2) is 18.2 Å². The van der Waals surface area contributed by atoms with E-state index in [0.29, 0.717) is 23.0 Å². The maximum absolute atomic E-state index is 12.4. The summed E-state index contributed by atoms with van der Waals surface area (Å²) in [6.45, 7) is 0.495. The first-order valence-electron chi connectivity index (χ1n) is 7.36. The largest absolute Gasteiger partial charge is 0.341 e. The molecule has 0 spiro atoms. The van der Waals surface area contributed by atoms with Crippen molar-refractivity contribution in [1.82, 2.24) is 4.90 Å². The lowest BCUT2D eigenvalue weighted by molar-refractivity contribution is -0.132. The SMILES string of the molecule is CN(Cc1cc(Cl)cc(Cl)c1)C(=O)CC1(N)CCCCC1. The molecule has 0 unspecified atom stereocenters. The molecule has 1 aliphatic rings. The molecular formula is C16H22Cl2N2O. The van der Waals surface area contributed by atoms with Gasteiger partial charge in [-0.25, -0.2) is 0 Å². The number of hydrogen-bond acceptors (Lipinski definition) is 2. The van der Waals surface area contributed by atoms with Gasteiger partial charge in [-0.05, 0) is 36.6 Å². The van der Waals surface area contributed by atoms with Gasteiger partial charge in [0.2, 0.25) is 5.91 Å². The zero-order valence-corrected chi connectivity index (χ0v) is 13.9. The van der Waals surface area contributed by atoms with Gasteiger partial charge in [0.15, 0.2) is 0 Å². The maximum atomic E-state index is 12.4. The van der Waals surface area contributed by atoms with Crippen LogP contribution in [-0.4, -0.2) is 23.4 Å². The predicted octanol–water partition coefficient (Wildman–Crippen LogP) is 4.00. The molecular weight excluding hydrogens is 307 g/mol. The van der Waals surface area contributed by atoms with Gasteiger partial charge < -0.3 is 10.6 Å². The fourth-order valence-electron chi connectivity index (χ4n) is 2.93. The molecule has 3 nitrogen and oxygen atoms in total. The Bertz CT molecular complexity index is 493. The normalized spacial score (nSPS) is 17.5. The molecule has 5 heteroatoms. The van der Waals surface area contributed by atoms with Crippen molar-refractivity contribution < 1.29 is 4.79 Å². The molecule has 1 saturated carbocycles. The summed E-state index contributed by atoms with van der Waals surface area (Å²) in [7, 11) is 1.79. The van der Waals surface area contributed by atoms with E-state index in [1.54, 1.807) is 18.0 Å². The molecule has 2 rings (SSSR count). The number of halogens is 2. The van der Waals surface area contributed by atoms with Gasteiger partial charge in [-0.1, -0.05) is 42.5 Å². The van der Waals surface area contributed by atoms with Crippen LogP contribution in [0, 0.1) is 0 Å². The third-order valence-corrected chi connectivity index (χ3v) is 4.56. The Morgan fingerprint density at radius 1 is 1.19 bits per heavy atom. The van der Waals surface area contributed by atoms with Crippen LogP contribution in [0.3, 0.4) is 0 Å². The summed E-state index contributed by atoms with van der Waals surface area (Å²) < 4.78 is 0. The highest BCUT2D eigenvalue weighted by molar-refractivity contribution is 6.34. The summed E-state index contributed by atoms with van der Waals surface area (Å²) in [5.74, 6) is 0.0792. The van der Waals surface area contributed by atoms with Crippen LogP contribution in [0.25, 0.3) is 0 Å². The molecule has 1 aromatic carbocycles. The Kier molecular flexibility index (Phi) is 5.53. The maximum Gasteiger partial charge on any atom is 0.224 e. The second kappa shape index (κ2) is 6.99. The highest BCUT2D eigenvalue weighted by Crippen LogP contribution is 2.29. The fourth-order valence-corrected chi connectivity index (χ4v) is 3.50. The van der Waals surface area contributed by atoms with Crippen LogP contribution < -0.4 is 5.73 Å². The zero-order valence-electron chi connectivity index (χ0n) is 12.4. The number of carbonyl (C=O) groups is 1. The Morgan fingerprint density at radius 3 is 2.33 bits per heavy atom. The van der Waals surface area contributed by atoms with E-state index in [0.717, 1.165) is 31.2 Å². The standard InChI is InChI=1S/C16H22Cl2N2O/c1-20(11-12-7-13(17)9-14(18)8-12)15(21)10-16(19)5-3-2-4-6-16/h7-9H,2-6,10-11,19H2,1H3. The van der Waals surface area contributed by atoms with Crippen molar-refractivity contribution >= 4 is 29.1 Å². The Balaban J connectivity index is 1.95. The molecule has 0 aromatic heterocycles.